The summed E-state index contributed by atoms with van der Waals surface area (Å²) in [7, 11) is 3.56. The van der Waals surface area contributed by atoms with E-state index in [0.717, 1.165) is 37.1 Å². The van der Waals surface area contributed by atoms with Gasteiger partial charge in [-0.25, -0.2) is 0 Å². The second kappa shape index (κ2) is 6.75. The van der Waals surface area contributed by atoms with Gasteiger partial charge in [0.15, 0.2) is 0 Å². The van der Waals surface area contributed by atoms with E-state index in [-0.39, 0.29) is 5.91 Å². The summed E-state index contributed by atoms with van der Waals surface area (Å²) in [5.41, 5.74) is 1.66. The smallest absolute Gasteiger partial charge is 0.255 e. The van der Waals surface area contributed by atoms with Gasteiger partial charge in [-0.15, -0.1) is 0 Å². The molecule has 0 spiro atoms. The second-order valence-electron chi connectivity index (χ2n) is 5.51. The Hall–Kier alpha value is -1.55. The number of hydrogen-bond acceptors (Lipinski definition) is 3. The Morgan fingerprint density at radius 1 is 1.40 bits per heavy atom. The number of para-hydroxylation sites is 1. The molecule has 2 rings (SSSR count). The van der Waals surface area contributed by atoms with Crippen LogP contribution in [0, 0.1) is 0 Å². The van der Waals surface area contributed by atoms with Crippen molar-refractivity contribution >= 4 is 11.6 Å². The number of rotatable bonds is 4. The normalized spacial score (nSPS) is 22.4. The lowest BCUT2D eigenvalue weighted by Gasteiger charge is -2.30. The summed E-state index contributed by atoms with van der Waals surface area (Å²) in [6.07, 6.45) is 3.36. The van der Waals surface area contributed by atoms with Crippen LogP contribution in [0.2, 0.25) is 0 Å². The third-order valence-electron chi connectivity index (χ3n) is 3.75. The Bertz CT molecular complexity index is 460. The molecule has 110 valence electrons. The van der Waals surface area contributed by atoms with Crippen LogP contribution in [-0.2, 0) is 4.74 Å². The Labute approximate surface area is 121 Å². The van der Waals surface area contributed by atoms with Gasteiger partial charge in [-0.3, -0.25) is 4.79 Å². The van der Waals surface area contributed by atoms with Crippen LogP contribution >= 0.6 is 0 Å². The van der Waals surface area contributed by atoms with Crippen molar-refractivity contribution in [3.05, 3.63) is 29.8 Å². The van der Waals surface area contributed by atoms with Crippen LogP contribution in [0.25, 0.3) is 0 Å². The molecule has 20 heavy (non-hydrogen) atoms. The predicted octanol–water partition coefficient (Wildman–Crippen LogP) is 2.76. The Kier molecular flexibility index (Phi) is 5.01. The number of amides is 1. The van der Waals surface area contributed by atoms with Gasteiger partial charge in [-0.1, -0.05) is 19.1 Å². The van der Waals surface area contributed by atoms with E-state index in [1.54, 1.807) is 19.0 Å². The van der Waals surface area contributed by atoms with Crippen LogP contribution in [0.1, 0.15) is 36.5 Å². The van der Waals surface area contributed by atoms with Crippen molar-refractivity contribution in [3.63, 3.8) is 0 Å². The molecule has 1 saturated heterocycles. The van der Waals surface area contributed by atoms with Crippen molar-refractivity contribution in [1.29, 1.82) is 0 Å². The second-order valence-corrected chi connectivity index (χ2v) is 5.51. The number of benzene rings is 1. The Morgan fingerprint density at radius 3 is 2.85 bits per heavy atom. The predicted molar refractivity (Wildman–Crippen MR) is 81.1 cm³/mol. The Morgan fingerprint density at radius 2 is 2.15 bits per heavy atom. The van der Waals surface area contributed by atoms with Crippen LogP contribution in [0.15, 0.2) is 24.3 Å². The standard InChI is InChI=1S/C16H24N2O2/c1-4-13-11-12(9-10-20-13)17-15-8-6-5-7-14(15)16(19)18(2)3/h5-8,12-13,17H,4,9-11H2,1-3H3. The highest BCUT2D eigenvalue weighted by Gasteiger charge is 2.22. The number of carbonyl (C=O) groups excluding carboxylic acids is 1. The average molecular weight is 276 g/mol. The fourth-order valence-corrected chi connectivity index (χ4v) is 2.55. The minimum atomic E-state index is 0.0344. The molecule has 0 saturated carbocycles. The summed E-state index contributed by atoms with van der Waals surface area (Å²) in [6, 6.07) is 8.10. The van der Waals surface area contributed by atoms with Crippen molar-refractivity contribution < 1.29 is 9.53 Å². The summed E-state index contributed by atoms with van der Waals surface area (Å²) in [4.78, 5) is 13.8. The first-order valence-corrected chi connectivity index (χ1v) is 7.30. The molecule has 4 heteroatoms. The largest absolute Gasteiger partial charge is 0.381 e. The van der Waals surface area contributed by atoms with E-state index in [2.05, 4.69) is 12.2 Å². The van der Waals surface area contributed by atoms with Crippen LogP contribution in [0.3, 0.4) is 0 Å². The van der Waals surface area contributed by atoms with Gasteiger partial charge in [0, 0.05) is 32.4 Å². The lowest BCUT2D eigenvalue weighted by molar-refractivity contribution is 0.00925. The van der Waals surface area contributed by atoms with Crippen molar-refractivity contribution in [2.45, 2.75) is 38.3 Å². The molecule has 1 amide bonds. The highest BCUT2D eigenvalue weighted by atomic mass is 16.5. The molecule has 4 nitrogen and oxygen atoms in total. The highest BCUT2D eigenvalue weighted by Crippen LogP contribution is 2.23. The van der Waals surface area contributed by atoms with Gasteiger partial charge in [-0.2, -0.15) is 0 Å². The maximum atomic E-state index is 12.2. The van der Waals surface area contributed by atoms with E-state index in [0.29, 0.717) is 12.1 Å². The summed E-state index contributed by atoms with van der Waals surface area (Å²) < 4.78 is 5.70. The lowest BCUT2D eigenvalue weighted by atomic mass is 10.0. The molecule has 0 aromatic heterocycles. The van der Waals surface area contributed by atoms with Crippen molar-refractivity contribution in [3.8, 4) is 0 Å². The number of nitrogens with zero attached hydrogens (tertiary/aromatic N) is 1. The number of hydrogen-bond donors (Lipinski definition) is 1. The molecule has 2 atom stereocenters. The van der Waals surface area contributed by atoms with Gasteiger partial charge in [0.25, 0.3) is 5.91 Å². The molecule has 1 aromatic carbocycles. The molecule has 1 aliphatic heterocycles. The van der Waals surface area contributed by atoms with Crippen LogP contribution < -0.4 is 5.32 Å². The first-order chi connectivity index (χ1) is 9.61. The summed E-state index contributed by atoms with van der Waals surface area (Å²) in [6.45, 7) is 2.94. The fraction of sp³-hybridized carbons (Fsp3) is 0.562. The van der Waals surface area contributed by atoms with Crippen molar-refractivity contribution in [2.24, 2.45) is 0 Å². The van der Waals surface area contributed by atoms with Crippen LogP contribution in [0.4, 0.5) is 5.69 Å². The van der Waals surface area contributed by atoms with E-state index >= 15 is 0 Å². The molecule has 0 bridgehead atoms. The summed E-state index contributed by atoms with van der Waals surface area (Å²) in [5.74, 6) is 0.0344. The molecular formula is C16H24N2O2. The van der Waals surface area contributed by atoms with Gasteiger partial charge in [0.2, 0.25) is 0 Å². The minimum Gasteiger partial charge on any atom is -0.381 e. The lowest BCUT2D eigenvalue weighted by Crippen LogP contribution is -2.34. The highest BCUT2D eigenvalue weighted by molar-refractivity contribution is 5.99. The maximum Gasteiger partial charge on any atom is 0.255 e. The first-order valence-electron chi connectivity index (χ1n) is 7.30. The molecule has 1 fully saturated rings. The van der Waals surface area contributed by atoms with E-state index in [1.807, 2.05) is 24.3 Å². The summed E-state index contributed by atoms with van der Waals surface area (Å²) in [5, 5.41) is 3.52. The third-order valence-corrected chi connectivity index (χ3v) is 3.75. The van der Waals surface area contributed by atoms with E-state index in [4.69, 9.17) is 4.74 Å². The molecule has 1 aliphatic rings. The molecular weight excluding hydrogens is 252 g/mol. The molecule has 0 aliphatic carbocycles. The number of carbonyl (C=O) groups is 1. The monoisotopic (exact) mass is 276 g/mol. The SMILES string of the molecule is CCC1CC(Nc2ccccc2C(=O)N(C)C)CCO1. The topological polar surface area (TPSA) is 41.6 Å². The maximum absolute atomic E-state index is 12.2. The number of anilines is 1. The zero-order valence-electron chi connectivity index (χ0n) is 12.6. The average Bonchev–Trinajstić information content (AvgIpc) is 2.47. The number of nitrogens with one attached hydrogen (secondary N) is 1. The third kappa shape index (κ3) is 3.51. The van der Waals surface area contributed by atoms with Crippen LogP contribution in [-0.4, -0.2) is 43.7 Å². The molecule has 2 unspecified atom stereocenters. The van der Waals surface area contributed by atoms with Gasteiger partial charge >= 0.3 is 0 Å². The molecule has 0 radical (unpaired) electrons. The Balaban J connectivity index is 2.11. The molecule has 1 N–H and O–H groups in total. The van der Waals surface area contributed by atoms with Gasteiger partial charge in [-0.05, 0) is 31.4 Å². The quantitative estimate of drug-likeness (QED) is 0.919. The zero-order chi connectivity index (χ0) is 14.5. The van der Waals surface area contributed by atoms with E-state index < -0.39 is 0 Å². The van der Waals surface area contributed by atoms with Crippen molar-refractivity contribution in [2.75, 3.05) is 26.0 Å². The van der Waals surface area contributed by atoms with Gasteiger partial charge in [0.05, 0.1) is 11.7 Å². The molecule has 1 aromatic rings. The molecule has 1 heterocycles. The minimum absolute atomic E-state index is 0.0344. The van der Waals surface area contributed by atoms with Gasteiger partial charge < -0.3 is 15.0 Å². The summed E-state index contributed by atoms with van der Waals surface area (Å²) >= 11 is 0. The first kappa shape index (κ1) is 14.9. The van der Waals surface area contributed by atoms with Crippen molar-refractivity contribution in [1.82, 2.24) is 4.90 Å². The zero-order valence-corrected chi connectivity index (χ0v) is 12.6. The van der Waals surface area contributed by atoms with Gasteiger partial charge in [0.1, 0.15) is 0 Å². The number of ether oxygens (including phenoxy) is 1. The fourth-order valence-electron chi connectivity index (χ4n) is 2.55. The van der Waals surface area contributed by atoms with E-state index in [9.17, 15) is 4.79 Å². The van der Waals surface area contributed by atoms with Crippen LogP contribution in [0.5, 0.6) is 0 Å². The van der Waals surface area contributed by atoms with E-state index in [1.165, 1.54) is 0 Å².